The van der Waals surface area contributed by atoms with Gasteiger partial charge in [-0.2, -0.15) is 0 Å². The maximum atomic E-state index is 11.4. The Morgan fingerprint density at radius 3 is 2.11 bits per heavy atom. The van der Waals surface area contributed by atoms with E-state index < -0.39 is 35.3 Å². The van der Waals surface area contributed by atoms with Gasteiger partial charge in [0.15, 0.2) is 0 Å². The van der Waals surface area contributed by atoms with Crippen LogP contribution in [-0.2, 0) is 19.1 Å². The van der Waals surface area contributed by atoms with Gasteiger partial charge in [0.1, 0.15) is 17.3 Å². The molecule has 2 atom stereocenters. The number of hydrogen-bond donors (Lipinski definition) is 2. The second kappa shape index (κ2) is 6.49. The van der Waals surface area contributed by atoms with Crippen LogP contribution in [0.2, 0.25) is 0 Å². The van der Waals surface area contributed by atoms with Gasteiger partial charge >= 0.3 is 11.9 Å². The summed E-state index contributed by atoms with van der Waals surface area (Å²) in [5.74, 6) is -3.30. The van der Waals surface area contributed by atoms with Crippen LogP contribution in [0.25, 0.3) is 0 Å². The Labute approximate surface area is 107 Å². The molecule has 0 aromatic rings. The van der Waals surface area contributed by atoms with E-state index >= 15 is 0 Å². The summed E-state index contributed by atoms with van der Waals surface area (Å²) in [4.78, 5) is 33.5. The third-order valence-electron chi connectivity index (χ3n) is 2.19. The largest absolute Gasteiger partial charge is 0.481 e. The number of rotatable bonds is 6. The second-order valence-corrected chi connectivity index (χ2v) is 5.18. The average molecular weight is 259 g/mol. The topological polar surface area (TPSA) is 92.7 Å². The fourth-order valence-electron chi connectivity index (χ4n) is 1.48. The Bertz CT molecular complexity index is 318. The van der Waals surface area contributed by atoms with Crippen LogP contribution in [0.5, 0.6) is 0 Å². The molecule has 0 radical (unpaired) electrons. The molecule has 6 nitrogen and oxygen atoms in total. The fourth-order valence-corrected chi connectivity index (χ4v) is 1.48. The van der Waals surface area contributed by atoms with E-state index in [-0.39, 0.29) is 6.54 Å². The lowest BCUT2D eigenvalue weighted by Crippen LogP contribution is -2.44. The van der Waals surface area contributed by atoms with Crippen LogP contribution in [-0.4, -0.2) is 41.0 Å². The summed E-state index contributed by atoms with van der Waals surface area (Å²) in [6.45, 7) is 7.85. The Kier molecular flexibility index (Phi) is 5.97. The van der Waals surface area contributed by atoms with Crippen LogP contribution in [0.15, 0.2) is 0 Å². The fraction of sp³-hybridized carbons (Fsp3) is 0.750. The number of nitrogens with one attached hydrogen (secondary N) is 1. The minimum Gasteiger partial charge on any atom is -0.481 e. The van der Waals surface area contributed by atoms with Crippen molar-refractivity contribution in [2.75, 3.05) is 6.54 Å². The van der Waals surface area contributed by atoms with Gasteiger partial charge in [0.25, 0.3) is 0 Å². The predicted molar refractivity (Wildman–Crippen MR) is 65.1 cm³/mol. The molecular formula is C12H21NO5. The van der Waals surface area contributed by atoms with Crippen molar-refractivity contribution in [1.29, 1.82) is 0 Å². The van der Waals surface area contributed by atoms with Gasteiger partial charge in [0.05, 0.1) is 6.54 Å². The molecule has 0 amide bonds. The van der Waals surface area contributed by atoms with Crippen molar-refractivity contribution in [1.82, 2.24) is 5.32 Å². The Morgan fingerprint density at radius 2 is 1.78 bits per heavy atom. The van der Waals surface area contributed by atoms with E-state index in [9.17, 15) is 14.4 Å². The summed E-state index contributed by atoms with van der Waals surface area (Å²) in [5, 5.41) is 11.6. The van der Waals surface area contributed by atoms with E-state index in [4.69, 9.17) is 9.84 Å². The van der Waals surface area contributed by atoms with Crippen molar-refractivity contribution in [3.05, 3.63) is 0 Å². The van der Waals surface area contributed by atoms with Crippen LogP contribution in [0.3, 0.4) is 0 Å². The zero-order valence-corrected chi connectivity index (χ0v) is 11.4. The van der Waals surface area contributed by atoms with Gasteiger partial charge < -0.3 is 15.2 Å². The smallest absolute Gasteiger partial charge is 0.320 e. The van der Waals surface area contributed by atoms with E-state index in [1.54, 1.807) is 27.7 Å². The number of carboxylic acid groups (broad SMARTS) is 1. The van der Waals surface area contributed by atoms with E-state index in [0.717, 1.165) is 0 Å². The predicted octanol–water partition coefficient (Wildman–Crippen LogP) is 0.596. The highest BCUT2D eigenvalue weighted by molar-refractivity contribution is 5.97. The van der Waals surface area contributed by atoms with Crippen LogP contribution < -0.4 is 5.32 Å². The first-order chi connectivity index (χ1) is 8.04. The molecular weight excluding hydrogens is 238 g/mol. The van der Waals surface area contributed by atoms with Gasteiger partial charge in [-0.05, 0) is 34.6 Å². The number of hydrogen-bond acceptors (Lipinski definition) is 5. The van der Waals surface area contributed by atoms with E-state index in [0.29, 0.717) is 0 Å². The van der Waals surface area contributed by atoms with Crippen LogP contribution in [0, 0.1) is 5.92 Å². The maximum Gasteiger partial charge on any atom is 0.320 e. The zero-order chi connectivity index (χ0) is 14.5. The van der Waals surface area contributed by atoms with Gasteiger partial charge in [-0.1, -0.05) is 0 Å². The lowest BCUT2D eigenvalue weighted by atomic mass is 9.97. The Morgan fingerprint density at radius 1 is 1.28 bits per heavy atom. The summed E-state index contributed by atoms with van der Waals surface area (Å²) in [7, 11) is 0. The van der Waals surface area contributed by atoms with Crippen molar-refractivity contribution in [3.63, 3.8) is 0 Å². The number of Topliss-reactive ketones (excluding diaryl/α,β-unsaturated/α-hetero) is 1. The van der Waals surface area contributed by atoms with Gasteiger partial charge in [-0.15, -0.1) is 0 Å². The SMILES string of the molecule is CC(=O)C(C(=O)O)C(C)NCC(=O)OC(C)(C)C. The monoisotopic (exact) mass is 259 g/mol. The molecule has 0 aromatic heterocycles. The highest BCUT2D eigenvalue weighted by Crippen LogP contribution is 2.08. The average Bonchev–Trinajstić information content (AvgIpc) is 2.10. The Hall–Kier alpha value is -1.43. The number of carbonyl (C=O) groups is 3. The number of carbonyl (C=O) groups excluding carboxylic acids is 2. The molecule has 0 aromatic carbocycles. The van der Waals surface area contributed by atoms with E-state index in [2.05, 4.69) is 5.32 Å². The van der Waals surface area contributed by atoms with Crippen LogP contribution >= 0.6 is 0 Å². The molecule has 2 unspecified atom stereocenters. The van der Waals surface area contributed by atoms with Gasteiger partial charge in [0, 0.05) is 6.04 Å². The molecule has 104 valence electrons. The van der Waals surface area contributed by atoms with Crippen molar-refractivity contribution in [2.45, 2.75) is 46.3 Å². The van der Waals surface area contributed by atoms with Crippen molar-refractivity contribution >= 4 is 17.7 Å². The van der Waals surface area contributed by atoms with Gasteiger partial charge in [-0.25, -0.2) is 0 Å². The lowest BCUT2D eigenvalue weighted by Gasteiger charge is -2.22. The highest BCUT2D eigenvalue weighted by atomic mass is 16.6. The van der Waals surface area contributed by atoms with E-state index in [1.807, 2.05) is 0 Å². The number of aliphatic carboxylic acids is 1. The maximum absolute atomic E-state index is 11.4. The molecule has 0 rings (SSSR count). The van der Waals surface area contributed by atoms with Crippen molar-refractivity contribution < 1.29 is 24.2 Å². The Balaban J connectivity index is 4.32. The normalized spacial score (nSPS) is 14.7. The summed E-state index contributed by atoms with van der Waals surface area (Å²) >= 11 is 0. The second-order valence-electron chi connectivity index (χ2n) is 5.18. The molecule has 0 aliphatic carbocycles. The molecule has 0 heterocycles. The molecule has 0 spiro atoms. The number of carboxylic acids is 1. The molecule has 2 N–H and O–H groups in total. The molecule has 18 heavy (non-hydrogen) atoms. The summed E-state index contributed by atoms with van der Waals surface area (Å²) in [6.07, 6.45) is 0. The molecule has 0 aliphatic heterocycles. The lowest BCUT2D eigenvalue weighted by molar-refractivity contribution is -0.155. The first-order valence-corrected chi connectivity index (χ1v) is 5.73. The first kappa shape index (κ1) is 16.6. The van der Waals surface area contributed by atoms with Crippen molar-refractivity contribution in [2.24, 2.45) is 5.92 Å². The van der Waals surface area contributed by atoms with Gasteiger partial charge in [0.2, 0.25) is 0 Å². The standard InChI is InChI=1S/C12H21NO5/c1-7(10(8(2)14)11(16)17)13-6-9(15)18-12(3,4)5/h7,10,13H,6H2,1-5H3,(H,16,17). The highest BCUT2D eigenvalue weighted by Gasteiger charge is 2.29. The minimum atomic E-state index is -1.20. The van der Waals surface area contributed by atoms with Crippen LogP contribution in [0.1, 0.15) is 34.6 Å². The van der Waals surface area contributed by atoms with Gasteiger partial charge in [-0.3, -0.25) is 14.4 Å². The summed E-state index contributed by atoms with van der Waals surface area (Å²) < 4.78 is 5.06. The first-order valence-electron chi connectivity index (χ1n) is 5.73. The van der Waals surface area contributed by atoms with Crippen LogP contribution in [0.4, 0.5) is 0 Å². The van der Waals surface area contributed by atoms with Crippen molar-refractivity contribution in [3.8, 4) is 0 Å². The molecule has 0 fully saturated rings. The number of ketones is 1. The third kappa shape index (κ3) is 6.34. The molecule has 0 aliphatic rings. The molecule has 6 heteroatoms. The number of esters is 1. The summed E-state index contributed by atoms with van der Waals surface area (Å²) in [6, 6.07) is -0.632. The zero-order valence-electron chi connectivity index (χ0n) is 11.4. The molecule has 0 saturated heterocycles. The minimum absolute atomic E-state index is 0.129. The summed E-state index contributed by atoms with van der Waals surface area (Å²) in [5.41, 5.74) is -0.589. The third-order valence-corrected chi connectivity index (χ3v) is 2.19. The molecule has 0 bridgehead atoms. The quantitative estimate of drug-likeness (QED) is 0.536. The molecule has 0 saturated carbocycles. The van der Waals surface area contributed by atoms with E-state index in [1.165, 1.54) is 6.92 Å². The number of ether oxygens (including phenoxy) is 1.